The lowest BCUT2D eigenvalue weighted by Gasteiger charge is -2.57. The molecule has 3 aliphatic carbocycles. The van der Waals surface area contributed by atoms with E-state index in [1.165, 1.54) is 37.7 Å². The van der Waals surface area contributed by atoms with Crippen molar-refractivity contribution in [2.45, 2.75) is 96.6 Å². The molecule has 1 aromatic carbocycles. The summed E-state index contributed by atoms with van der Waals surface area (Å²) < 4.78 is 11.8. The first-order valence-corrected chi connectivity index (χ1v) is 12.2. The van der Waals surface area contributed by atoms with E-state index in [0.29, 0.717) is 23.2 Å². The molecule has 2 fully saturated rings. The Balaban J connectivity index is 1.53. The van der Waals surface area contributed by atoms with Crippen LogP contribution >= 0.6 is 0 Å². The number of nitrogens with two attached hydrogens (primary N) is 1. The summed E-state index contributed by atoms with van der Waals surface area (Å²) in [5.41, 5.74) is 10.4. The molecule has 3 aliphatic rings. The maximum absolute atomic E-state index is 7.25. The molecule has 0 amide bonds. The Morgan fingerprint density at radius 1 is 1.20 bits per heavy atom. The molecule has 2 N–H and O–H groups in total. The Morgan fingerprint density at radius 2 is 1.97 bits per heavy atom. The molecule has 30 heavy (non-hydrogen) atoms. The highest BCUT2D eigenvalue weighted by Gasteiger charge is 2.61. The average molecular weight is 414 g/mol. The number of aryl methyl sites for hydroxylation is 1. The van der Waals surface area contributed by atoms with E-state index in [9.17, 15) is 0 Å². The molecule has 4 rings (SSSR count). The van der Waals surface area contributed by atoms with Gasteiger partial charge in [-0.1, -0.05) is 26.8 Å². The first-order valence-electron chi connectivity index (χ1n) is 12.2. The molecule has 1 aromatic rings. The predicted molar refractivity (Wildman–Crippen MR) is 124 cm³/mol. The molecule has 6 unspecified atom stereocenters. The molecule has 0 radical (unpaired) electrons. The summed E-state index contributed by atoms with van der Waals surface area (Å²) in [7, 11) is 1.77. The third-order valence-corrected chi connectivity index (χ3v) is 9.19. The summed E-state index contributed by atoms with van der Waals surface area (Å²) in [5, 5.41) is 0. The molecule has 0 bridgehead atoms. The number of benzene rings is 1. The standard InChI is InChI=1S/C27H43NO2/c1-18(17-29-6)16-25(3,4)30-21-8-9-22-20(15-21)7-10-24-23(22)12-13-26(5)19(2)11-14-27(24,26)28/h8-9,15,18-19,23-24H,7,10-14,16-17,28H2,1-6H3. The summed E-state index contributed by atoms with van der Waals surface area (Å²) in [6.07, 6.45) is 8.41. The molecule has 0 aliphatic heterocycles. The quantitative estimate of drug-likeness (QED) is 0.614. The molecule has 168 valence electrons. The second-order valence-electron chi connectivity index (χ2n) is 11.7. The van der Waals surface area contributed by atoms with Gasteiger partial charge in [0, 0.05) is 19.3 Å². The summed E-state index contributed by atoms with van der Waals surface area (Å²) in [4.78, 5) is 0. The van der Waals surface area contributed by atoms with Gasteiger partial charge < -0.3 is 15.2 Å². The van der Waals surface area contributed by atoms with Gasteiger partial charge in [0.1, 0.15) is 11.4 Å². The summed E-state index contributed by atoms with van der Waals surface area (Å²) in [6.45, 7) is 12.3. The van der Waals surface area contributed by atoms with Crippen LogP contribution < -0.4 is 10.5 Å². The third-order valence-electron chi connectivity index (χ3n) is 9.19. The predicted octanol–water partition coefficient (Wildman–Crippen LogP) is 6.09. The van der Waals surface area contributed by atoms with Crippen molar-refractivity contribution in [1.82, 2.24) is 0 Å². The van der Waals surface area contributed by atoms with Crippen LogP contribution in [0.3, 0.4) is 0 Å². The van der Waals surface area contributed by atoms with Crippen molar-refractivity contribution < 1.29 is 9.47 Å². The fraction of sp³-hybridized carbons (Fsp3) is 0.778. The Kier molecular flexibility index (Phi) is 5.77. The van der Waals surface area contributed by atoms with Crippen LogP contribution in [-0.2, 0) is 11.2 Å². The lowest BCUT2D eigenvalue weighted by molar-refractivity contribution is 0.00560. The summed E-state index contributed by atoms with van der Waals surface area (Å²) in [6, 6.07) is 6.89. The van der Waals surface area contributed by atoms with Crippen LogP contribution in [0.5, 0.6) is 5.75 Å². The number of rotatable bonds is 6. The highest BCUT2D eigenvalue weighted by atomic mass is 16.5. The van der Waals surface area contributed by atoms with Gasteiger partial charge in [0.05, 0.1) is 0 Å². The Morgan fingerprint density at radius 3 is 2.70 bits per heavy atom. The van der Waals surface area contributed by atoms with Gasteiger partial charge in [-0.2, -0.15) is 0 Å². The van der Waals surface area contributed by atoms with Crippen LogP contribution in [0.1, 0.15) is 90.2 Å². The number of methoxy groups -OCH3 is 1. The van der Waals surface area contributed by atoms with Crippen LogP contribution in [0.25, 0.3) is 0 Å². The minimum Gasteiger partial charge on any atom is -0.488 e. The van der Waals surface area contributed by atoms with Crippen molar-refractivity contribution >= 4 is 0 Å². The second-order valence-corrected chi connectivity index (χ2v) is 11.7. The number of hydrogen-bond acceptors (Lipinski definition) is 3. The van der Waals surface area contributed by atoms with E-state index in [4.69, 9.17) is 15.2 Å². The highest BCUT2D eigenvalue weighted by Crippen LogP contribution is 2.63. The van der Waals surface area contributed by atoms with Crippen LogP contribution in [-0.4, -0.2) is 24.9 Å². The van der Waals surface area contributed by atoms with Gasteiger partial charge in [-0.05, 0) is 111 Å². The second kappa shape index (κ2) is 7.81. The molecule has 3 nitrogen and oxygen atoms in total. The number of hydrogen-bond donors (Lipinski definition) is 1. The van der Waals surface area contributed by atoms with Crippen molar-refractivity contribution in [2.75, 3.05) is 13.7 Å². The molecule has 0 aromatic heterocycles. The molecular weight excluding hydrogens is 370 g/mol. The van der Waals surface area contributed by atoms with Crippen molar-refractivity contribution in [3.63, 3.8) is 0 Å². The SMILES string of the molecule is COCC(C)CC(C)(C)Oc1ccc2c(c1)CCC1C2CCC2(C)C(C)CCC12N. The van der Waals surface area contributed by atoms with Crippen LogP contribution in [0.4, 0.5) is 0 Å². The fourth-order valence-electron chi connectivity index (χ4n) is 7.53. The Hall–Kier alpha value is -1.06. The van der Waals surface area contributed by atoms with Crippen LogP contribution in [0, 0.1) is 23.2 Å². The van der Waals surface area contributed by atoms with Gasteiger partial charge in [-0.15, -0.1) is 0 Å². The van der Waals surface area contributed by atoms with Gasteiger partial charge in [-0.25, -0.2) is 0 Å². The molecule has 3 heteroatoms. The van der Waals surface area contributed by atoms with Crippen molar-refractivity contribution in [1.29, 1.82) is 0 Å². The van der Waals surface area contributed by atoms with Gasteiger partial charge in [0.2, 0.25) is 0 Å². The fourth-order valence-corrected chi connectivity index (χ4v) is 7.53. The minimum absolute atomic E-state index is 0.0155. The zero-order valence-electron chi connectivity index (χ0n) is 20.1. The number of fused-ring (bicyclic) bond motifs is 5. The summed E-state index contributed by atoms with van der Waals surface area (Å²) >= 11 is 0. The van der Waals surface area contributed by atoms with Crippen molar-refractivity contribution in [3.8, 4) is 5.75 Å². The Labute approximate surface area is 184 Å². The monoisotopic (exact) mass is 413 g/mol. The topological polar surface area (TPSA) is 44.5 Å². The molecule has 0 saturated heterocycles. The zero-order chi connectivity index (χ0) is 21.7. The lowest BCUT2D eigenvalue weighted by Crippen LogP contribution is -2.62. The molecule has 2 saturated carbocycles. The normalized spacial score (nSPS) is 36.6. The molecule has 0 spiro atoms. The minimum atomic E-state index is -0.197. The average Bonchev–Trinajstić information content (AvgIpc) is 2.91. The van der Waals surface area contributed by atoms with Crippen molar-refractivity contribution in [3.05, 3.63) is 29.3 Å². The molecule has 0 heterocycles. The highest BCUT2D eigenvalue weighted by molar-refractivity contribution is 5.42. The summed E-state index contributed by atoms with van der Waals surface area (Å²) in [5.74, 6) is 3.50. The van der Waals surface area contributed by atoms with E-state index in [1.807, 2.05) is 0 Å². The third kappa shape index (κ3) is 3.60. The largest absolute Gasteiger partial charge is 0.488 e. The first kappa shape index (κ1) is 22.1. The van der Waals surface area contributed by atoms with Gasteiger partial charge in [0.25, 0.3) is 0 Å². The van der Waals surface area contributed by atoms with E-state index in [0.717, 1.165) is 31.1 Å². The van der Waals surface area contributed by atoms with Gasteiger partial charge in [-0.3, -0.25) is 0 Å². The van der Waals surface area contributed by atoms with Gasteiger partial charge >= 0.3 is 0 Å². The van der Waals surface area contributed by atoms with Gasteiger partial charge in [0.15, 0.2) is 0 Å². The van der Waals surface area contributed by atoms with E-state index in [1.54, 1.807) is 12.7 Å². The lowest BCUT2D eigenvalue weighted by atomic mass is 9.50. The van der Waals surface area contributed by atoms with E-state index >= 15 is 0 Å². The number of ether oxygens (including phenoxy) is 2. The van der Waals surface area contributed by atoms with E-state index in [2.05, 4.69) is 52.8 Å². The van der Waals surface area contributed by atoms with Crippen LogP contribution in [0.2, 0.25) is 0 Å². The molecular formula is C27H43NO2. The zero-order valence-corrected chi connectivity index (χ0v) is 20.1. The maximum atomic E-state index is 7.25. The first-order chi connectivity index (χ1) is 14.1. The Bertz CT molecular complexity index is 774. The van der Waals surface area contributed by atoms with Crippen molar-refractivity contribution in [2.24, 2.45) is 28.9 Å². The van der Waals surface area contributed by atoms with E-state index < -0.39 is 0 Å². The molecule has 6 atom stereocenters. The smallest absolute Gasteiger partial charge is 0.120 e. The van der Waals surface area contributed by atoms with E-state index in [-0.39, 0.29) is 11.1 Å². The van der Waals surface area contributed by atoms with Crippen LogP contribution in [0.15, 0.2) is 18.2 Å². The maximum Gasteiger partial charge on any atom is 0.120 e.